The van der Waals surface area contributed by atoms with Gasteiger partial charge in [-0.05, 0) is 42.7 Å². The van der Waals surface area contributed by atoms with Crippen molar-refractivity contribution >= 4 is 11.8 Å². The number of rotatable bonds is 5. The minimum atomic E-state index is -0.378. The molecule has 1 aliphatic heterocycles. The molecule has 2 amide bonds. The van der Waals surface area contributed by atoms with Gasteiger partial charge in [0.05, 0.1) is 5.92 Å². The zero-order valence-corrected chi connectivity index (χ0v) is 15.1. The predicted octanol–water partition coefficient (Wildman–Crippen LogP) is 2.49. The van der Waals surface area contributed by atoms with Crippen LogP contribution in [0.4, 0.5) is 4.39 Å². The molecule has 1 heterocycles. The number of likely N-dealkylation sites (tertiary alicyclic amines) is 1. The number of hydrogen-bond acceptors (Lipinski definition) is 3. The van der Waals surface area contributed by atoms with Crippen LogP contribution in [0.5, 0.6) is 0 Å². The van der Waals surface area contributed by atoms with Crippen LogP contribution >= 0.6 is 0 Å². The third-order valence-corrected chi connectivity index (χ3v) is 4.89. The molecule has 0 bridgehead atoms. The second-order valence-corrected chi connectivity index (χ2v) is 6.86. The van der Waals surface area contributed by atoms with Crippen molar-refractivity contribution in [2.45, 2.75) is 18.9 Å². The molecule has 2 aromatic carbocycles. The van der Waals surface area contributed by atoms with E-state index in [4.69, 9.17) is 5.73 Å². The summed E-state index contributed by atoms with van der Waals surface area (Å²) in [6, 6.07) is 14.8. The lowest BCUT2D eigenvalue weighted by Gasteiger charge is -2.32. The lowest BCUT2D eigenvalue weighted by Crippen LogP contribution is -2.46. The fourth-order valence-corrected chi connectivity index (χ4v) is 3.32. The van der Waals surface area contributed by atoms with E-state index in [1.807, 2.05) is 30.3 Å². The Morgan fingerprint density at radius 2 is 1.85 bits per heavy atom. The summed E-state index contributed by atoms with van der Waals surface area (Å²) in [6.07, 6.45) is 1.50. The molecule has 0 radical (unpaired) electrons. The first-order valence-corrected chi connectivity index (χ1v) is 9.17. The van der Waals surface area contributed by atoms with Crippen molar-refractivity contribution in [2.75, 3.05) is 19.6 Å². The van der Waals surface area contributed by atoms with E-state index < -0.39 is 0 Å². The van der Waals surface area contributed by atoms with E-state index in [1.165, 1.54) is 24.3 Å². The van der Waals surface area contributed by atoms with Crippen molar-refractivity contribution in [1.29, 1.82) is 0 Å². The van der Waals surface area contributed by atoms with Crippen LogP contribution in [0.15, 0.2) is 54.6 Å². The highest BCUT2D eigenvalue weighted by Gasteiger charge is 2.29. The first-order chi connectivity index (χ1) is 13.0. The van der Waals surface area contributed by atoms with E-state index in [-0.39, 0.29) is 29.6 Å². The van der Waals surface area contributed by atoms with Crippen LogP contribution in [0.3, 0.4) is 0 Å². The smallest absolute Gasteiger partial charge is 0.253 e. The van der Waals surface area contributed by atoms with Crippen molar-refractivity contribution in [3.05, 3.63) is 71.5 Å². The van der Waals surface area contributed by atoms with Gasteiger partial charge in [0.1, 0.15) is 5.82 Å². The highest BCUT2D eigenvalue weighted by atomic mass is 19.1. The van der Waals surface area contributed by atoms with E-state index in [1.54, 1.807) is 4.90 Å². The molecule has 3 N–H and O–H groups in total. The van der Waals surface area contributed by atoms with Crippen molar-refractivity contribution in [3.63, 3.8) is 0 Å². The van der Waals surface area contributed by atoms with Crippen LogP contribution in [0, 0.1) is 11.7 Å². The molecule has 5 nitrogen and oxygen atoms in total. The summed E-state index contributed by atoms with van der Waals surface area (Å²) in [4.78, 5) is 26.8. The van der Waals surface area contributed by atoms with E-state index in [9.17, 15) is 14.0 Å². The number of halogens is 1. The Morgan fingerprint density at radius 3 is 2.56 bits per heavy atom. The predicted molar refractivity (Wildman–Crippen MR) is 101 cm³/mol. The van der Waals surface area contributed by atoms with Crippen molar-refractivity contribution in [3.8, 4) is 0 Å². The zero-order chi connectivity index (χ0) is 19.2. The number of carbonyl (C=O) groups excluding carboxylic acids is 2. The zero-order valence-electron chi connectivity index (χ0n) is 15.1. The molecule has 1 aliphatic rings. The molecular formula is C21H24FN3O2. The number of benzene rings is 2. The normalized spacial score (nSPS) is 18.0. The summed E-state index contributed by atoms with van der Waals surface area (Å²) >= 11 is 0. The van der Waals surface area contributed by atoms with Crippen LogP contribution < -0.4 is 11.1 Å². The maximum atomic E-state index is 13.0. The van der Waals surface area contributed by atoms with Crippen LogP contribution in [0.1, 0.15) is 34.8 Å². The Hall–Kier alpha value is -2.73. The minimum absolute atomic E-state index is 0.0852. The van der Waals surface area contributed by atoms with Crippen molar-refractivity contribution in [2.24, 2.45) is 11.7 Å². The molecule has 142 valence electrons. The lowest BCUT2D eigenvalue weighted by atomic mass is 9.96. The highest BCUT2D eigenvalue weighted by Crippen LogP contribution is 2.19. The summed E-state index contributed by atoms with van der Waals surface area (Å²) in [5, 5.41) is 2.91. The fourth-order valence-electron chi connectivity index (χ4n) is 3.32. The van der Waals surface area contributed by atoms with Gasteiger partial charge in [-0.1, -0.05) is 30.3 Å². The number of amides is 2. The van der Waals surface area contributed by atoms with Gasteiger partial charge < -0.3 is 16.0 Å². The van der Waals surface area contributed by atoms with E-state index in [0.29, 0.717) is 25.2 Å². The SMILES string of the molecule is NC(CNC(=O)C1CCCN(C(=O)c2ccc(F)cc2)C1)c1ccccc1. The fraction of sp³-hybridized carbons (Fsp3) is 0.333. The lowest BCUT2D eigenvalue weighted by molar-refractivity contribution is -0.126. The molecule has 1 fully saturated rings. The van der Waals surface area contributed by atoms with E-state index >= 15 is 0 Å². The second-order valence-electron chi connectivity index (χ2n) is 6.86. The van der Waals surface area contributed by atoms with Gasteiger partial charge in [-0.25, -0.2) is 4.39 Å². The summed E-state index contributed by atoms with van der Waals surface area (Å²) in [6.45, 7) is 1.32. The molecule has 0 spiro atoms. The number of nitrogens with two attached hydrogens (primary N) is 1. The summed E-state index contributed by atoms with van der Waals surface area (Å²) in [5.74, 6) is -0.894. The molecule has 3 rings (SSSR count). The topological polar surface area (TPSA) is 75.4 Å². The molecule has 0 aliphatic carbocycles. The molecule has 0 aromatic heterocycles. The summed E-state index contributed by atoms with van der Waals surface area (Å²) in [7, 11) is 0. The second kappa shape index (κ2) is 8.77. The van der Waals surface area contributed by atoms with Gasteiger partial charge in [0, 0.05) is 31.2 Å². The quantitative estimate of drug-likeness (QED) is 0.850. The van der Waals surface area contributed by atoms with Crippen molar-refractivity contribution < 1.29 is 14.0 Å². The molecule has 2 unspecified atom stereocenters. The monoisotopic (exact) mass is 369 g/mol. The Bertz CT molecular complexity index is 780. The summed E-state index contributed by atoms with van der Waals surface area (Å²) in [5.41, 5.74) is 7.53. The molecule has 0 saturated carbocycles. The molecular weight excluding hydrogens is 345 g/mol. The van der Waals surface area contributed by atoms with Gasteiger partial charge in [-0.3, -0.25) is 9.59 Å². The summed E-state index contributed by atoms with van der Waals surface area (Å²) < 4.78 is 13.0. The maximum absolute atomic E-state index is 13.0. The first-order valence-electron chi connectivity index (χ1n) is 9.17. The molecule has 1 saturated heterocycles. The highest BCUT2D eigenvalue weighted by molar-refractivity contribution is 5.94. The third-order valence-electron chi connectivity index (χ3n) is 4.89. The number of carbonyl (C=O) groups is 2. The van der Waals surface area contributed by atoms with Crippen LogP contribution in [0.25, 0.3) is 0 Å². The van der Waals surface area contributed by atoms with Gasteiger partial charge in [0.25, 0.3) is 5.91 Å². The van der Waals surface area contributed by atoms with Gasteiger partial charge in [-0.2, -0.15) is 0 Å². The number of nitrogens with zero attached hydrogens (tertiary/aromatic N) is 1. The molecule has 2 aromatic rings. The Morgan fingerprint density at radius 1 is 1.15 bits per heavy atom. The largest absolute Gasteiger partial charge is 0.354 e. The van der Waals surface area contributed by atoms with Gasteiger partial charge in [-0.15, -0.1) is 0 Å². The van der Waals surface area contributed by atoms with Gasteiger partial charge >= 0.3 is 0 Å². The Balaban J connectivity index is 1.54. The number of hydrogen-bond donors (Lipinski definition) is 2. The van der Waals surface area contributed by atoms with Crippen LogP contribution in [0.2, 0.25) is 0 Å². The standard InChI is InChI=1S/C21H24FN3O2/c22-18-10-8-16(9-11-18)21(27)25-12-4-7-17(14-25)20(26)24-13-19(23)15-5-2-1-3-6-15/h1-3,5-6,8-11,17,19H,4,7,12-14,23H2,(H,24,26). The van der Waals surface area contributed by atoms with E-state index in [2.05, 4.69) is 5.32 Å². The van der Waals surface area contributed by atoms with Gasteiger partial charge in [0.15, 0.2) is 0 Å². The Labute approximate surface area is 158 Å². The first kappa shape index (κ1) is 19.0. The molecule has 6 heteroatoms. The number of piperidine rings is 1. The van der Waals surface area contributed by atoms with E-state index in [0.717, 1.165) is 18.4 Å². The van der Waals surface area contributed by atoms with Crippen molar-refractivity contribution in [1.82, 2.24) is 10.2 Å². The third kappa shape index (κ3) is 4.92. The average molecular weight is 369 g/mol. The Kier molecular flexibility index (Phi) is 6.19. The molecule has 2 atom stereocenters. The maximum Gasteiger partial charge on any atom is 0.253 e. The minimum Gasteiger partial charge on any atom is -0.354 e. The molecule has 27 heavy (non-hydrogen) atoms. The van der Waals surface area contributed by atoms with Crippen LogP contribution in [-0.2, 0) is 4.79 Å². The number of nitrogens with one attached hydrogen (secondary N) is 1. The van der Waals surface area contributed by atoms with Crippen LogP contribution in [-0.4, -0.2) is 36.3 Å². The average Bonchev–Trinajstić information content (AvgIpc) is 2.72. The van der Waals surface area contributed by atoms with Gasteiger partial charge in [0.2, 0.25) is 5.91 Å².